The van der Waals surface area contributed by atoms with Crippen molar-refractivity contribution < 1.29 is 9.53 Å². The quantitative estimate of drug-likeness (QED) is 0.486. The van der Waals surface area contributed by atoms with Crippen molar-refractivity contribution in [3.8, 4) is 22.8 Å². The number of methoxy groups -OCH3 is 1. The van der Waals surface area contributed by atoms with Crippen molar-refractivity contribution in [1.82, 2.24) is 14.8 Å². The summed E-state index contributed by atoms with van der Waals surface area (Å²) in [6.45, 7) is 2.01. The predicted octanol–water partition coefficient (Wildman–Crippen LogP) is 5.16. The Morgan fingerprint density at radius 2 is 1.77 bits per heavy atom. The Kier molecular flexibility index (Phi) is 5.50. The molecule has 4 aromatic rings. The van der Waals surface area contributed by atoms with E-state index in [4.69, 9.17) is 16.3 Å². The lowest BCUT2D eigenvalue weighted by molar-refractivity contribution is 0.101. The van der Waals surface area contributed by atoms with Crippen molar-refractivity contribution in [2.45, 2.75) is 6.92 Å². The number of hydrogen-bond donors (Lipinski definition) is 1. The molecule has 0 radical (unpaired) electrons. The molecule has 4 rings (SSSR count). The summed E-state index contributed by atoms with van der Waals surface area (Å²) in [6, 6.07) is 22.2. The van der Waals surface area contributed by atoms with Crippen LogP contribution in [0.25, 0.3) is 17.1 Å². The lowest BCUT2D eigenvalue weighted by Crippen LogP contribution is -2.14. The van der Waals surface area contributed by atoms with Gasteiger partial charge in [-0.2, -0.15) is 0 Å². The van der Waals surface area contributed by atoms with Crippen molar-refractivity contribution in [2.75, 3.05) is 12.4 Å². The number of nitrogens with one attached hydrogen (secondary N) is 1. The summed E-state index contributed by atoms with van der Waals surface area (Å²) in [5.41, 5.74) is 3.33. The Morgan fingerprint density at radius 3 is 2.47 bits per heavy atom. The second kappa shape index (κ2) is 8.39. The smallest absolute Gasteiger partial charge is 0.295 e. The first kappa shape index (κ1) is 19.7. The monoisotopic (exact) mass is 418 g/mol. The molecule has 0 atom stereocenters. The molecule has 7 heteroatoms. The van der Waals surface area contributed by atoms with Crippen LogP contribution >= 0.6 is 11.6 Å². The molecule has 30 heavy (non-hydrogen) atoms. The lowest BCUT2D eigenvalue weighted by atomic mass is 10.1. The Bertz CT molecular complexity index is 1120. The molecule has 0 aliphatic rings. The first-order valence-electron chi connectivity index (χ1n) is 9.29. The molecule has 0 spiro atoms. The maximum atomic E-state index is 12.8. The van der Waals surface area contributed by atoms with Crippen LogP contribution in [0.2, 0.25) is 5.02 Å². The topological polar surface area (TPSA) is 69.0 Å². The lowest BCUT2D eigenvalue weighted by Gasteiger charge is -2.06. The first-order chi connectivity index (χ1) is 14.5. The van der Waals surface area contributed by atoms with Gasteiger partial charge in [0.05, 0.1) is 12.8 Å². The number of benzene rings is 3. The number of aromatic nitrogens is 3. The third kappa shape index (κ3) is 4.18. The van der Waals surface area contributed by atoms with Crippen LogP contribution in [-0.2, 0) is 0 Å². The van der Waals surface area contributed by atoms with E-state index in [1.165, 1.54) is 0 Å². The number of amides is 1. The molecule has 0 unspecified atom stereocenters. The third-order valence-corrected chi connectivity index (χ3v) is 4.77. The zero-order valence-corrected chi connectivity index (χ0v) is 17.2. The molecular weight excluding hydrogens is 400 g/mol. The minimum absolute atomic E-state index is 0.0587. The highest BCUT2D eigenvalue weighted by Gasteiger charge is 2.19. The van der Waals surface area contributed by atoms with E-state index < -0.39 is 5.91 Å². The number of carbonyl (C=O) groups excluding carboxylic acids is 1. The SMILES string of the molecule is COc1cccc(NC(=O)c2nc(-c3ccc(C)cc3)n(-c3ccc(Cl)cc3)n2)c1. The van der Waals surface area contributed by atoms with Crippen LogP contribution in [0, 0.1) is 6.92 Å². The fraction of sp³-hybridized carbons (Fsp3) is 0.0870. The van der Waals surface area contributed by atoms with Crippen molar-refractivity contribution in [2.24, 2.45) is 0 Å². The summed E-state index contributed by atoms with van der Waals surface area (Å²) in [4.78, 5) is 17.4. The number of nitrogens with zero attached hydrogens (tertiary/aromatic N) is 3. The number of carbonyl (C=O) groups is 1. The van der Waals surface area contributed by atoms with Crippen molar-refractivity contribution in [3.63, 3.8) is 0 Å². The molecule has 1 amide bonds. The minimum atomic E-state index is -0.413. The molecule has 1 N–H and O–H groups in total. The van der Waals surface area contributed by atoms with E-state index in [9.17, 15) is 4.79 Å². The van der Waals surface area contributed by atoms with E-state index in [1.807, 2.05) is 43.3 Å². The fourth-order valence-electron chi connectivity index (χ4n) is 2.95. The summed E-state index contributed by atoms with van der Waals surface area (Å²) < 4.78 is 6.84. The van der Waals surface area contributed by atoms with Gasteiger partial charge in [0.25, 0.3) is 5.91 Å². The molecule has 0 saturated heterocycles. The van der Waals surface area contributed by atoms with Crippen LogP contribution in [0.4, 0.5) is 5.69 Å². The van der Waals surface area contributed by atoms with E-state index >= 15 is 0 Å². The largest absolute Gasteiger partial charge is 0.497 e. The molecule has 0 aliphatic carbocycles. The van der Waals surface area contributed by atoms with Crippen LogP contribution in [0.15, 0.2) is 72.8 Å². The molecule has 150 valence electrons. The van der Waals surface area contributed by atoms with Crippen LogP contribution < -0.4 is 10.1 Å². The molecule has 1 aromatic heterocycles. The van der Waals surface area contributed by atoms with E-state index in [2.05, 4.69) is 15.4 Å². The Balaban J connectivity index is 1.73. The van der Waals surface area contributed by atoms with Gasteiger partial charge in [-0.3, -0.25) is 4.79 Å². The van der Waals surface area contributed by atoms with Gasteiger partial charge in [0.15, 0.2) is 5.82 Å². The number of ether oxygens (including phenoxy) is 1. The van der Waals surface area contributed by atoms with Gasteiger partial charge in [-0.25, -0.2) is 9.67 Å². The van der Waals surface area contributed by atoms with E-state index in [0.29, 0.717) is 22.3 Å². The van der Waals surface area contributed by atoms with Crippen molar-refractivity contribution in [1.29, 1.82) is 0 Å². The summed E-state index contributed by atoms with van der Waals surface area (Å²) >= 11 is 6.02. The maximum absolute atomic E-state index is 12.8. The molecule has 0 aliphatic heterocycles. The highest BCUT2D eigenvalue weighted by atomic mass is 35.5. The van der Waals surface area contributed by atoms with E-state index in [1.54, 1.807) is 48.2 Å². The minimum Gasteiger partial charge on any atom is -0.497 e. The number of hydrogen-bond acceptors (Lipinski definition) is 4. The molecule has 0 saturated carbocycles. The normalized spacial score (nSPS) is 10.6. The van der Waals surface area contributed by atoms with Gasteiger partial charge in [0.2, 0.25) is 5.82 Å². The first-order valence-corrected chi connectivity index (χ1v) is 9.67. The van der Waals surface area contributed by atoms with Crippen LogP contribution in [-0.4, -0.2) is 27.8 Å². The highest BCUT2D eigenvalue weighted by Crippen LogP contribution is 2.24. The molecular formula is C23H19ClN4O2. The van der Waals surface area contributed by atoms with Crippen LogP contribution in [0.3, 0.4) is 0 Å². The second-order valence-electron chi connectivity index (χ2n) is 6.70. The molecule has 3 aromatic carbocycles. The van der Waals surface area contributed by atoms with E-state index in [0.717, 1.165) is 16.8 Å². The van der Waals surface area contributed by atoms with Gasteiger partial charge >= 0.3 is 0 Å². The Labute approximate surface area is 179 Å². The molecule has 1 heterocycles. The average Bonchev–Trinajstić information content (AvgIpc) is 3.20. The number of halogens is 1. The summed E-state index contributed by atoms with van der Waals surface area (Å²) in [6.07, 6.45) is 0. The number of aryl methyl sites for hydroxylation is 1. The summed E-state index contributed by atoms with van der Waals surface area (Å²) in [5.74, 6) is 0.855. The summed E-state index contributed by atoms with van der Waals surface area (Å²) in [7, 11) is 1.57. The van der Waals surface area contributed by atoms with Crippen LogP contribution in [0.1, 0.15) is 16.2 Å². The van der Waals surface area contributed by atoms with Gasteiger partial charge in [0, 0.05) is 22.3 Å². The Hall–Kier alpha value is -3.64. The fourth-order valence-corrected chi connectivity index (χ4v) is 3.07. The second-order valence-corrected chi connectivity index (χ2v) is 7.14. The van der Waals surface area contributed by atoms with Crippen molar-refractivity contribution in [3.05, 3.63) is 89.2 Å². The molecule has 0 bridgehead atoms. The van der Waals surface area contributed by atoms with Gasteiger partial charge in [-0.1, -0.05) is 47.5 Å². The van der Waals surface area contributed by atoms with Crippen molar-refractivity contribution >= 4 is 23.2 Å². The summed E-state index contributed by atoms with van der Waals surface area (Å²) in [5, 5.41) is 7.90. The molecule has 0 fully saturated rings. The van der Waals surface area contributed by atoms with Gasteiger partial charge in [-0.05, 0) is 43.3 Å². The highest BCUT2D eigenvalue weighted by molar-refractivity contribution is 6.30. The number of rotatable bonds is 5. The van der Waals surface area contributed by atoms with E-state index in [-0.39, 0.29) is 5.82 Å². The average molecular weight is 419 g/mol. The Morgan fingerprint density at radius 1 is 1.03 bits per heavy atom. The van der Waals surface area contributed by atoms with Gasteiger partial charge < -0.3 is 10.1 Å². The van der Waals surface area contributed by atoms with Gasteiger partial charge in [-0.15, -0.1) is 5.10 Å². The standard InChI is InChI=1S/C23H19ClN4O2/c1-15-6-8-16(9-7-15)22-26-21(27-28(22)19-12-10-17(24)11-13-19)23(29)25-18-4-3-5-20(14-18)30-2/h3-14H,1-2H3,(H,25,29). The maximum Gasteiger partial charge on any atom is 0.295 e. The zero-order valence-electron chi connectivity index (χ0n) is 16.5. The zero-order chi connectivity index (χ0) is 21.1. The third-order valence-electron chi connectivity index (χ3n) is 4.52. The molecule has 6 nitrogen and oxygen atoms in total. The predicted molar refractivity (Wildman–Crippen MR) is 117 cm³/mol. The van der Waals surface area contributed by atoms with Gasteiger partial charge in [0.1, 0.15) is 5.75 Å². The number of anilines is 1. The van der Waals surface area contributed by atoms with Crippen LogP contribution in [0.5, 0.6) is 5.75 Å².